The summed E-state index contributed by atoms with van der Waals surface area (Å²) < 4.78 is 10.8. The van der Waals surface area contributed by atoms with Gasteiger partial charge in [0, 0.05) is 48.0 Å². The highest BCUT2D eigenvalue weighted by atomic mass is 16.5. The number of aromatic nitrogens is 1. The normalized spacial score (nSPS) is 22.8. The minimum atomic E-state index is -0.166. The predicted molar refractivity (Wildman–Crippen MR) is 99.1 cm³/mol. The van der Waals surface area contributed by atoms with Crippen molar-refractivity contribution in [1.82, 2.24) is 10.3 Å². The molecule has 0 spiro atoms. The summed E-state index contributed by atoms with van der Waals surface area (Å²) in [5, 5.41) is 3.07. The Bertz CT molecular complexity index is 886. The van der Waals surface area contributed by atoms with Gasteiger partial charge in [-0.1, -0.05) is 18.2 Å². The van der Waals surface area contributed by atoms with E-state index in [2.05, 4.69) is 10.3 Å². The minimum Gasteiger partial charge on any atom is -0.496 e. The van der Waals surface area contributed by atoms with E-state index in [-0.39, 0.29) is 17.7 Å². The number of para-hydroxylation sites is 1. The fourth-order valence-corrected chi connectivity index (χ4v) is 3.72. The van der Waals surface area contributed by atoms with Crippen molar-refractivity contribution < 1.29 is 19.1 Å². The lowest BCUT2D eigenvalue weighted by Gasteiger charge is -2.11. The second-order valence-electron chi connectivity index (χ2n) is 7.14. The molecule has 0 radical (unpaired) electrons. The lowest BCUT2D eigenvalue weighted by Crippen LogP contribution is -2.30. The number of amides is 1. The number of hydrogen-bond acceptors (Lipinski definition) is 5. The molecule has 2 aromatic rings. The third-order valence-electron chi connectivity index (χ3n) is 5.32. The zero-order valence-electron chi connectivity index (χ0n) is 15.4. The lowest BCUT2D eigenvalue weighted by atomic mass is 10.0. The van der Waals surface area contributed by atoms with Gasteiger partial charge in [-0.15, -0.1) is 0 Å². The maximum absolute atomic E-state index is 12.7. The summed E-state index contributed by atoms with van der Waals surface area (Å²) in [4.78, 5) is 29.1. The Morgan fingerprint density at radius 1 is 1.22 bits per heavy atom. The highest BCUT2D eigenvalue weighted by molar-refractivity contribution is 5.99. The van der Waals surface area contributed by atoms with Crippen LogP contribution in [0.25, 0.3) is 0 Å². The third kappa shape index (κ3) is 3.57. The van der Waals surface area contributed by atoms with E-state index < -0.39 is 0 Å². The number of ketones is 1. The number of hydrogen-bond donors (Lipinski definition) is 1. The van der Waals surface area contributed by atoms with Crippen LogP contribution < -0.4 is 10.1 Å². The fourth-order valence-electron chi connectivity index (χ4n) is 3.72. The molecule has 2 fully saturated rings. The van der Waals surface area contributed by atoms with Gasteiger partial charge in [0.25, 0.3) is 5.91 Å². The van der Waals surface area contributed by atoms with Crippen LogP contribution in [0, 0.1) is 11.8 Å². The summed E-state index contributed by atoms with van der Waals surface area (Å²) >= 11 is 0. The molecule has 1 saturated heterocycles. The number of carbonyl (C=O) groups excluding carboxylic acids is 2. The molecule has 0 bridgehead atoms. The number of carbonyl (C=O) groups is 2. The van der Waals surface area contributed by atoms with Gasteiger partial charge in [0.2, 0.25) is 0 Å². The molecule has 1 aromatic carbocycles. The first-order valence-electron chi connectivity index (χ1n) is 9.09. The molecule has 1 saturated carbocycles. The molecular weight excluding hydrogens is 344 g/mol. The molecular formula is C21H22N2O4. The van der Waals surface area contributed by atoms with E-state index >= 15 is 0 Å². The van der Waals surface area contributed by atoms with Crippen LogP contribution in [0.4, 0.5) is 0 Å². The van der Waals surface area contributed by atoms with Gasteiger partial charge >= 0.3 is 0 Å². The molecule has 6 nitrogen and oxygen atoms in total. The molecule has 1 aromatic heterocycles. The van der Waals surface area contributed by atoms with E-state index in [1.54, 1.807) is 19.2 Å². The summed E-state index contributed by atoms with van der Waals surface area (Å²) in [6.07, 6.45) is 0.480. The average molecular weight is 366 g/mol. The van der Waals surface area contributed by atoms with E-state index in [0.717, 1.165) is 11.3 Å². The number of methoxy groups -OCH3 is 1. The smallest absolute Gasteiger partial charge is 0.251 e. The lowest BCUT2D eigenvalue weighted by molar-refractivity contribution is 0.0928. The van der Waals surface area contributed by atoms with E-state index in [1.807, 2.05) is 24.3 Å². The first-order chi connectivity index (χ1) is 13.1. The molecule has 1 amide bonds. The SMILES string of the molecule is COc1ccccc1Cc1cc(C(=O)NC2[C@H]3COC[C@@H]23)cc(C(C)=O)n1. The van der Waals surface area contributed by atoms with Crippen molar-refractivity contribution in [2.45, 2.75) is 19.4 Å². The molecule has 2 aliphatic rings. The Labute approximate surface area is 157 Å². The maximum atomic E-state index is 12.7. The van der Waals surface area contributed by atoms with Crippen molar-refractivity contribution in [2.75, 3.05) is 20.3 Å². The molecule has 1 aliphatic carbocycles. The van der Waals surface area contributed by atoms with Gasteiger partial charge < -0.3 is 14.8 Å². The molecule has 1 N–H and O–H groups in total. The minimum absolute atomic E-state index is 0.164. The van der Waals surface area contributed by atoms with Gasteiger partial charge in [-0.25, -0.2) is 4.98 Å². The largest absolute Gasteiger partial charge is 0.496 e. The molecule has 27 heavy (non-hydrogen) atoms. The Morgan fingerprint density at radius 3 is 2.67 bits per heavy atom. The topological polar surface area (TPSA) is 77.5 Å². The van der Waals surface area contributed by atoms with Crippen molar-refractivity contribution >= 4 is 11.7 Å². The van der Waals surface area contributed by atoms with E-state index in [1.165, 1.54) is 6.92 Å². The predicted octanol–water partition coefficient (Wildman–Crippen LogP) is 2.26. The summed E-state index contributed by atoms with van der Waals surface area (Å²) in [6.45, 7) is 2.88. The number of ether oxygens (including phenoxy) is 2. The quantitative estimate of drug-likeness (QED) is 0.794. The van der Waals surface area contributed by atoms with Crippen molar-refractivity contribution in [2.24, 2.45) is 11.8 Å². The average Bonchev–Trinajstić information content (AvgIpc) is 3.09. The molecule has 4 rings (SSSR count). The van der Waals surface area contributed by atoms with Gasteiger partial charge in [-0.2, -0.15) is 0 Å². The van der Waals surface area contributed by atoms with Crippen molar-refractivity contribution in [3.63, 3.8) is 0 Å². The van der Waals surface area contributed by atoms with Crippen LogP contribution in [-0.4, -0.2) is 43.0 Å². The second-order valence-corrected chi connectivity index (χ2v) is 7.14. The van der Waals surface area contributed by atoms with E-state index in [0.29, 0.717) is 48.4 Å². The zero-order chi connectivity index (χ0) is 19.0. The van der Waals surface area contributed by atoms with Crippen LogP contribution in [0.5, 0.6) is 5.75 Å². The van der Waals surface area contributed by atoms with Crippen molar-refractivity contribution in [3.05, 3.63) is 58.9 Å². The molecule has 140 valence electrons. The van der Waals surface area contributed by atoms with Crippen LogP contribution in [0.15, 0.2) is 36.4 Å². The van der Waals surface area contributed by atoms with Gasteiger partial charge in [0.05, 0.1) is 20.3 Å². The number of benzene rings is 1. The number of fused-ring (bicyclic) bond motifs is 1. The highest BCUT2D eigenvalue weighted by Crippen LogP contribution is 2.44. The van der Waals surface area contributed by atoms with Gasteiger partial charge in [0.15, 0.2) is 5.78 Å². The number of rotatable bonds is 6. The molecule has 1 unspecified atom stereocenters. The summed E-state index contributed by atoms with van der Waals surface area (Å²) in [7, 11) is 1.62. The van der Waals surface area contributed by atoms with Crippen LogP contribution in [0.1, 0.15) is 39.0 Å². The number of Topliss-reactive ketones (excluding diaryl/α,β-unsaturated/α-hetero) is 1. The van der Waals surface area contributed by atoms with E-state index in [9.17, 15) is 9.59 Å². The molecule has 1 aliphatic heterocycles. The van der Waals surface area contributed by atoms with Crippen LogP contribution in [-0.2, 0) is 11.2 Å². The van der Waals surface area contributed by atoms with Gasteiger partial charge in [-0.05, 0) is 18.2 Å². The fraction of sp³-hybridized carbons (Fsp3) is 0.381. The Morgan fingerprint density at radius 2 is 1.96 bits per heavy atom. The molecule has 6 heteroatoms. The summed E-state index contributed by atoms with van der Waals surface area (Å²) in [5.74, 6) is 1.28. The Kier molecular flexibility index (Phi) is 4.66. The maximum Gasteiger partial charge on any atom is 0.251 e. The summed E-state index contributed by atoms with van der Waals surface area (Å²) in [5.41, 5.74) is 2.38. The summed E-state index contributed by atoms with van der Waals surface area (Å²) in [6, 6.07) is 11.2. The van der Waals surface area contributed by atoms with Crippen LogP contribution in [0.2, 0.25) is 0 Å². The first kappa shape index (κ1) is 17.7. The van der Waals surface area contributed by atoms with E-state index in [4.69, 9.17) is 9.47 Å². The van der Waals surface area contributed by atoms with Crippen molar-refractivity contribution in [3.8, 4) is 5.75 Å². The second kappa shape index (κ2) is 7.12. The Hall–Kier alpha value is -2.73. The van der Waals surface area contributed by atoms with Crippen LogP contribution in [0.3, 0.4) is 0 Å². The molecule has 3 atom stereocenters. The number of pyridine rings is 1. The van der Waals surface area contributed by atoms with Crippen LogP contribution >= 0.6 is 0 Å². The standard InChI is InChI=1S/C21H22N2O4/c1-12(24)18-9-14(21(25)23-20-16-10-27-11-17(16)20)8-15(22-18)7-13-5-3-4-6-19(13)26-2/h3-6,8-9,16-17,20H,7,10-11H2,1-2H3,(H,23,25)/t16-,17+,20?. The monoisotopic (exact) mass is 366 g/mol. The number of nitrogens with zero attached hydrogens (tertiary/aromatic N) is 1. The highest BCUT2D eigenvalue weighted by Gasteiger charge is 2.54. The third-order valence-corrected chi connectivity index (χ3v) is 5.32. The van der Waals surface area contributed by atoms with Gasteiger partial charge in [-0.3, -0.25) is 9.59 Å². The van der Waals surface area contributed by atoms with Crippen molar-refractivity contribution in [1.29, 1.82) is 0 Å². The molecule has 2 heterocycles. The zero-order valence-corrected chi connectivity index (χ0v) is 15.4. The Balaban J connectivity index is 1.58. The first-order valence-corrected chi connectivity index (χ1v) is 9.09. The van der Waals surface area contributed by atoms with Gasteiger partial charge in [0.1, 0.15) is 11.4 Å². The number of nitrogens with one attached hydrogen (secondary N) is 1.